The number of benzene rings is 3. The molecule has 0 saturated heterocycles. The van der Waals surface area contributed by atoms with Crippen molar-refractivity contribution >= 4 is 11.8 Å². The third-order valence-electron chi connectivity index (χ3n) is 4.26. The van der Waals surface area contributed by atoms with Crippen LogP contribution in [0.2, 0.25) is 0 Å². The highest BCUT2D eigenvalue weighted by Gasteiger charge is 2.30. The number of ether oxygens (including phenoxy) is 2. The molecule has 3 aromatic carbocycles. The van der Waals surface area contributed by atoms with Crippen molar-refractivity contribution in [3.8, 4) is 17.2 Å². The number of hydrogen-bond donors (Lipinski definition) is 2. The van der Waals surface area contributed by atoms with Crippen LogP contribution in [0.4, 0.5) is 13.2 Å². The zero-order chi connectivity index (χ0) is 23.1. The molecule has 3 aromatic rings. The number of hydrazine groups is 1. The van der Waals surface area contributed by atoms with Crippen molar-refractivity contribution in [2.75, 3.05) is 0 Å². The summed E-state index contributed by atoms with van der Waals surface area (Å²) in [5, 5.41) is 0. The van der Waals surface area contributed by atoms with Gasteiger partial charge in [0.05, 0.1) is 5.56 Å². The van der Waals surface area contributed by atoms with Crippen LogP contribution in [0.15, 0.2) is 78.9 Å². The monoisotopic (exact) mass is 444 g/mol. The first-order valence-corrected chi connectivity index (χ1v) is 9.49. The fraction of sp³-hybridized carbons (Fsp3) is 0.130. The van der Waals surface area contributed by atoms with Gasteiger partial charge in [0.2, 0.25) is 0 Å². The van der Waals surface area contributed by atoms with E-state index in [0.29, 0.717) is 17.1 Å². The highest BCUT2D eigenvalue weighted by molar-refractivity contribution is 5.95. The highest BCUT2D eigenvalue weighted by Crippen LogP contribution is 2.31. The predicted molar refractivity (Wildman–Crippen MR) is 110 cm³/mol. The molecule has 32 heavy (non-hydrogen) atoms. The van der Waals surface area contributed by atoms with E-state index in [2.05, 4.69) is 10.9 Å². The van der Waals surface area contributed by atoms with Gasteiger partial charge in [-0.2, -0.15) is 13.2 Å². The molecule has 2 amide bonds. The molecule has 3 rings (SSSR count). The van der Waals surface area contributed by atoms with Gasteiger partial charge in [-0.25, -0.2) is 0 Å². The maximum absolute atomic E-state index is 12.6. The Morgan fingerprint density at radius 3 is 1.88 bits per heavy atom. The average molecular weight is 444 g/mol. The summed E-state index contributed by atoms with van der Waals surface area (Å²) in [7, 11) is 0. The highest BCUT2D eigenvalue weighted by atomic mass is 19.4. The number of halogens is 3. The number of rotatable bonds is 6. The van der Waals surface area contributed by atoms with Crippen molar-refractivity contribution in [3.63, 3.8) is 0 Å². The summed E-state index contributed by atoms with van der Waals surface area (Å²) in [6, 6.07) is 18.9. The Balaban J connectivity index is 1.50. The molecule has 1 atom stereocenters. The summed E-state index contributed by atoms with van der Waals surface area (Å²) in [5.41, 5.74) is 4.23. The molecule has 0 saturated carbocycles. The van der Waals surface area contributed by atoms with Gasteiger partial charge in [-0.3, -0.25) is 20.4 Å². The van der Waals surface area contributed by atoms with Crippen LogP contribution in [0.5, 0.6) is 17.2 Å². The van der Waals surface area contributed by atoms with Crippen LogP contribution < -0.4 is 20.3 Å². The lowest BCUT2D eigenvalue weighted by Crippen LogP contribution is -2.47. The molecule has 0 aromatic heterocycles. The Morgan fingerprint density at radius 1 is 0.781 bits per heavy atom. The van der Waals surface area contributed by atoms with E-state index in [0.717, 1.165) is 12.1 Å². The molecule has 166 valence electrons. The van der Waals surface area contributed by atoms with Gasteiger partial charge in [0.25, 0.3) is 11.8 Å². The van der Waals surface area contributed by atoms with Crippen LogP contribution in [0.25, 0.3) is 0 Å². The summed E-state index contributed by atoms with van der Waals surface area (Å²) in [6.45, 7) is 1.51. The van der Waals surface area contributed by atoms with Crippen LogP contribution in [-0.4, -0.2) is 17.9 Å². The fourth-order valence-electron chi connectivity index (χ4n) is 2.57. The normalized spacial score (nSPS) is 11.9. The molecule has 0 radical (unpaired) electrons. The van der Waals surface area contributed by atoms with Gasteiger partial charge < -0.3 is 9.47 Å². The van der Waals surface area contributed by atoms with Crippen molar-refractivity contribution in [1.82, 2.24) is 10.9 Å². The first-order chi connectivity index (χ1) is 15.2. The summed E-state index contributed by atoms with van der Waals surface area (Å²) in [6.07, 6.45) is -5.32. The third-order valence-corrected chi connectivity index (χ3v) is 4.26. The molecule has 6 nitrogen and oxygen atoms in total. The lowest BCUT2D eigenvalue weighted by atomic mass is 10.2. The second-order valence-corrected chi connectivity index (χ2v) is 6.67. The van der Waals surface area contributed by atoms with Gasteiger partial charge in [0.1, 0.15) is 17.2 Å². The standard InChI is InChI=1S/C23H19F3N2O4/c1-15(21(29)27-28-22(30)16-5-3-2-4-6-16)31-18-11-13-20(14-12-18)32-19-9-7-17(8-10-19)23(24,25)26/h2-15H,1H3,(H,27,29)(H,28,30). The summed E-state index contributed by atoms with van der Waals surface area (Å²) < 4.78 is 48.9. The molecule has 2 N–H and O–H groups in total. The van der Waals surface area contributed by atoms with E-state index >= 15 is 0 Å². The molecule has 9 heteroatoms. The molecule has 0 fully saturated rings. The van der Waals surface area contributed by atoms with E-state index < -0.39 is 29.7 Å². The fourth-order valence-corrected chi connectivity index (χ4v) is 2.57. The summed E-state index contributed by atoms with van der Waals surface area (Å²) in [4.78, 5) is 24.1. The number of carbonyl (C=O) groups excluding carboxylic acids is 2. The van der Waals surface area contributed by atoms with Gasteiger partial charge in [0.15, 0.2) is 6.10 Å². The van der Waals surface area contributed by atoms with Crippen molar-refractivity contribution in [1.29, 1.82) is 0 Å². The summed E-state index contributed by atoms with van der Waals surface area (Å²) >= 11 is 0. The van der Waals surface area contributed by atoms with Gasteiger partial charge >= 0.3 is 6.18 Å². The van der Waals surface area contributed by atoms with Gasteiger partial charge in [0, 0.05) is 5.56 Å². The van der Waals surface area contributed by atoms with E-state index in [4.69, 9.17) is 9.47 Å². The third kappa shape index (κ3) is 6.24. The van der Waals surface area contributed by atoms with E-state index in [1.807, 2.05) is 0 Å². The Kier molecular flexibility index (Phi) is 6.99. The van der Waals surface area contributed by atoms with E-state index in [9.17, 15) is 22.8 Å². The molecule has 0 spiro atoms. The molecule has 1 unspecified atom stereocenters. The Morgan fingerprint density at radius 2 is 1.31 bits per heavy atom. The van der Waals surface area contributed by atoms with E-state index in [1.54, 1.807) is 54.6 Å². The van der Waals surface area contributed by atoms with Crippen LogP contribution in [0.1, 0.15) is 22.8 Å². The number of nitrogens with one attached hydrogen (secondary N) is 2. The zero-order valence-electron chi connectivity index (χ0n) is 16.8. The number of hydrogen-bond acceptors (Lipinski definition) is 4. The van der Waals surface area contributed by atoms with Gasteiger partial charge in [-0.05, 0) is 67.6 Å². The number of carbonyl (C=O) groups is 2. The van der Waals surface area contributed by atoms with Gasteiger partial charge in [-0.15, -0.1) is 0 Å². The molecule has 0 aliphatic heterocycles. The minimum atomic E-state index is -4.41. The Bertz CT molecular complexity index is 1050. The minimum absolute atomic E-state index is 0.244. The van der Waals surface area contributed by atoms with Crippen LogP contribution >= 0.6 is 0 Å². The van der Waals surface area contributed by atoms with Crippen molar-refractivity contribution in [3.05, 3.63) is 90.0 Å². The Labute approximate surface area is 181 Å². The lowest BCUT2D eigenvalue weighted by Gasteiger charge is -2.15. The lowest BCUT2D eigenvalue weighted by molar-refractivity contribution is -0.137. The quantitative estimate of drug-likeness (QED) is 0.539. The first-order valence-electron chi connectivity index (χ1n) is 9.49. The van der Waals surface area contributed by atoms with Gasteiger partial charge in [-0.1, -0.05) is 18.2 Å². The predicted octanol–water partition coefficient (Wildman–Crippen LogP) is 4.73. The zero-order valence-corrected chi connectivity index (χ0v) is 16.8. The molecule has 0 aliphatic carbocycles. The molecule has 0 bridgehead atoms. The number of amides is 2. The van der Waals surface area contributed by atoms with Crippen LogP contribution in [-0.2, 0) is 11.0 Å². The van der Waals surface area contributed by atoms with E-state index in [1.165, 1.54) is 19.1 Å². The minimum Gasteiger partial charge on any atom is -0.481 e. The maximum atomic E-state index is 12.6. The van der Waals surface area contributed by atoms with Crippen molar-refractivity contribution in [2.45, 2.75) is 19.2 Å². The maximum Gasteiger partial charge on any atom is 0.416 e. The smallest absolute Gasteiger partial charge is 0.416 e. The largest absolute Gasteiger partial charge is 0.481 e. The topological polar surface area (TPSA) is 76.7 Å². The first kappa shape index (κ1) is 22.7. The molecular formula is C23H19F3N2O4. The van der Waals surface area contributed by atoms with Crippen molar-refractivity contribution < 1.29 is 32.2 Å². The van der Waals surface area contributed by atoms with Crippen molar-refractivity contribution in [2.24, 2.45) is 0 Å². The number of alkyl halides is 3. The SMILES string of the molecule is CC(Oc1ccc(Oc2ccc(C(F)(F)F)cc2)cc1)C(=O)NNC(=O)c1ccccc1. The van der Waals surface area contributed by atoms with Crippen LogP contribution in [0, 0.1) is 0 Å². The second-order valence-electron chi connectivity index (χ2n) is 6.67. The second kappa shape index (κ2) is 9.86. The molecule has 0 heterocycles. The average Bonchev–Trinajstić information content (AvgIpc) is 2.79. The summed E-state index contributed by atoms with van der Waals surface area (Å²) in [5.74, 6) is -0.0324. The molecular weight excluding hydrogens is 425 g/mol. The Hall–Kier alpha value is -4.01. The van der Waals surface area contributed by atoms with E-state index in [-0.39, 0.29) is 5.75 Å². The van der Waals surface area contributed by atoms with Crippen LogP contribution in [0.3, 0.4) is 0 Å². The molecule has 0 aliphatic rings.